The topological polar surface area (TPSA) is 52.7 Å². The van der Waals surface area contributed by atoms with Crippen molar-refractivity contribution >= 4 is 35.8 Å². The SMILES string of the molecule is Cl.O=C(c1c(F)cccc1Cl)N1CCN(C(=O)C2CCCN2)CC1. The van der Waals surface area contributed by atoms with Gasteiger partial charge in [0.05, 0.1) is 16.6 Å². The molecule has 132 valence electrons. The van der Waals surface area contributed by atoms with Crippen molar-refractivity contribution < 1.29 is 14.0 Å². The molecule has 2 heterocycles. The quantitative estimate of drug-likeness (QED) is 0.859. The normalized spacial score (nSPS) is 20.7. The summed E-state index contributed by atoms with van der Waals surface area (Å²) in [5, 5.41) is 3.30. The molecule has 1 aromatic rings. The molecule has 1 aromatic carbocycles. The van der Waals surface area contributed by atoms with Gasteiger partial charge in [-0.15, -0.1) is 12.4 Å². The van der Waals surface area contributed by atoms with Crippen LogP contribution >= 0.6 is 24.0 Å². The molecule has 2 amide bonds. The van der Waals surface area contributed by atoms with Gasteiger partial charge in [0.15, 0.2) is 0 Å². The average molecular weight is 376 g/mol. The number of amides is 2. The summed E-state index contributed by atoms with van der Waals surface area (Å²) in [7, 11) is 0. The summed E-state index contributed by atoms with van der Waals surface area (Å²) in [5.41, 5.74) is -0.0913. The maximum Gasteiger partial charge on any atom is 0.258 e. The Morgan fingerprint density at radius 3 is 2.42 bits per heavy atom. The van der Waals surface area contributed by atoms with Gasteiger partial charge in [-0.05, 0) is 31.5 Å². The lowest BCUT2D eigenvalue weighted by atomic mass is 10.1. The molecule has 2 aliphatic rings. The third kappa shape index (κ3) is 3.82. The van der Waals surface area contributed by atoms with E-state index in [1.807, 2.05) is 0 Å². The zero-order chi connectivity index (χ0) is 16.4. The molecule has 0 saturated carbocycles. The molecular formula is C16H20Cl2FN3O2. The Kier molecular flexibility index (Phi) is 6.43. The monoisotopic (exact) mass is 375 g/mol. The van der Waals surface area contributed by atoms with Crippen molar-refractivity contribution in [1.29, 1.82) is 0 Å². The minimum absolute atomic E-state index is 0. The Bertz CT molecular complexity index is 595. The summed E-state index contributed by atoms with van der Waals surface area (Å²) in [5.74, 6) is -0.936. The number of hydrogen-bond acceptors (Lipinski definition) is 3. The van der Waals surface area contributed by atoms with Crippen molar-refractivity contribution in [1.82, 2.24) is 15.1 Å². The van der Waals surface area contributed by atoms with E-state index in [9.17, 15) is 14.0 Å². The maximum atomic E-state index is 13.9. The molecule has 5 nitrogen and oxygen atoms in total. The van der Waals surface area contributed by atoms with Crippen LogP contribution in [0.25, 0.3) is 0 Å². The fourth-order valence-corrected chi connectivity index (χ4v) is 3.35. The Labute approximate surface area is 151 Å². The van der Waals surface area contributed by atoms with E-state index in [0.29, 0.717) is 26.2 Å². The largest absolute Gasteiger partial charge is 0.338 e. The van der Waals surface area contributed by atoms with E-state index in [4.69, 9.17) is 11.6 Å². The van der Waals surface area contributed by atoms with Gasteiger partial charge in [-0.3, -0.25) is 9.59 Å². The van der Waals surface area contributed by atoms with Crippen LogP contribution in [0.1, 0.15) is 23.2 Å². The minimum Gasteiger partial charge on any atom is -0.338 e. The molecular weight excluding hydrogens is 356 g/mol. The molecule has 3 rings (SSSR count). The van der Waals surface area contributed by atoms with Crippen LogP contribution in [-0.4, -0.2) is 60.4 Å². The van der Waals surface area contributed by atoms with Gasteiger partial charge in [-0.1, -0.05) is 17.7 Å². The number of nitrogens with one attached hydrogen (secondary N) is 1. The van der Waals surface area contributed by atoms with Crippen LogP contribution in [0.4, 0.5) is 4.39 Å². The van der Waals surface area contributed by atoms with Crippen molar-refractivity contribution in [2.45, 2.75) is 18.9 Å². The molecule has 2 fully saturated rings. The smallest absolute Gasteiger partial charge is 0.258 e. The third-order valence-corrected chi connectivity index (χ3v) is 4.73. The second-order valence-corrected chi connectivity index (χ2v) is 6.27. The summed E-state index contributed by atoms with van der Waals surface area (Å²) in [6.45, 7) is 2.59. The highest BCUT2D eigenvalue weighted by molar-refractivity contribution is 6.33. The summed E-state index contributed by atoms with van der Waals surface area (Å²) in [6.07, 6.45) is 1.88. The number of carbonyl (C=O) groups is 2. The van der Waals surface area contributed by atoms with Crippen LogP contribution < -0.4 is 5.32 Å². The van der Waals surface area contributed by atoms with Crippen molar-refractivity contribution in [2.75, 3.05) is 32.7 Å². The predicted molar refractivity (Wildman–Crippen MR) is 92.2 cm³/mol. The van der Waals surface area contributed by atoms with Gasteiger partial charge in [0, 0.05) is 26.2 Å². The van der Waals surface area contributed by atoms with Gasteiger partial charge >= 0.3 is 0 Å². The van der Waals surface area contributed by atoms with Crippen LogP contribution in [0.15, 0.2) is 18.2 Å². The maximum absolute atomic E-state index is 13.9. The number of nitrogens with zero attached hydrogens (tertiary/aromatic N) is 2. The van der Waals surface area contributed by atoms with E-state index in [-0.39, 0.29) is 34.9 Å². The standard InChI is InChI=1S/C16H19ClFN3O2.ClH/c17-11-3-1-4-12(18)14(11)16(23)21-9-7-20(8-10-21)15(22)13-5-2-6-19-13;/h1,3-4,13,19H,2,5-10H2;1H. The Balaban J connectivity index is 0.00000208. The zero-order valence-electron chi connectivity index (χ0n) is 13.1. The van der Waals surface area contributed by atoms with E-state index >= 15 is 0 Å². The van der Waals surface area contributed by atoms with E-state index in [2.05, 4.69) is 5.32 Å². The van der Waals surface area contributed by atoms with Gasteiger partial charge in [-0.25, -0.2) is 4.39 Å². The second kappa shape index (κ2) is 8.14. The summed E-state index contributed by atoms with van der Waals surface area (Å²) >= 11 is 5.95. The molecule has 1 atom stereocenters. The van der Waals surface area contributed by atoms with E-state index in [1.54, 1.807) is 9.80 Å². The summed E-state index contributed by atoms with van der Waals surface area (Å²) in [6, 6.07) is 4.10. The van der Waals surface area contributed by atoms with Gasteiger partial charge in [0.2, 0.25) is 5.91 Å². The van der Waals surface area contributed by atoms with Crippen molar-refractivity contribution in [3.8, 4) is 0 Å². The lowest BCUT2D eigenvalue weighted by molar-refractivity contribution is -0.134. The molecule has 0 spiro atoms. The number of carbonyl (C=O) groups excluding carboxylic acids is 2. The fraction of sp³-hybridized carbons (Fsp3) is 0.500. The third-order valence-electron chi connectivity index (χ3n) is 4.41. The highest BCUT2D eigenvalue weighted by atomic mass is 35.5. The first-order chi connectivity index (χ1) is 11.1. The highest BCUT2D eigenvalue weighted by Crippen LogP contribution is 2.21. The van der Waals surface area contributed by atoms with Gasteiger partial charge in [-0.2, -0.15) is 0 Å². The highest BCUT2D eigenvalue weighted by Gasteiger charge is 2.31. The first kappa shape index (κ1) is 19.0. The molecule has 0 aliphatic carbocycles. The van der Waals surface area contributed by atoms with Crippen LogP contribution in [0.3, 0.4) is 0 Å². The van der Waals surface area contributed by atoms with Gasteiger partial charge in [0.25, 0.3) is 5.91 Å². The van der Waals surface area contributed by atoms with E-state index in [1.165, 1.54) is 18.2 Å². The van der Waals surface area contributed by atoms with E-state index in [0.717, 1.165) is 19.4 Å². The molecule has 1 N–H and O–H groups in total. The van der Waals surface area contributed by atoms with Crippen molar-refractivity contribution in [3.05, 3.63) is 34.6 Å². The number of hydrogen-bond donors (Lipinski definition) is 1. The number of rotatable bonds is 2. The first-order valence-electron chi connectivity index (χ1n) is 7.83. The second-order valence-electron chi connectivity index (χ2n) is 5.86. The molecule has 0 aromatic heterocycles. The molecule has 1 unspecified atom stereocenters. The molecule has 0 radical (unpaired) electrons. The van der Waals surface area contributed by atoms with Crippen molar-refractivity contribution in [3.63, 3.8) is 0 Å². The predicted octanol–water partition coefficient (Wildman–Crippen LogP) is 1.94. The van der Waals surface area contributed by atoms with Crippen LogP contribution in [0.5, 0.6) is 0 Å². The van der Waals surface area contributed by atoms with Gasteiger partial charge < -0.3 is 15.1 Å². The number of benzene rings is 1. The molecule has 24 heavy (non-hydrogen) atoms. The number of halogens is 3. The summed E-state index contributed by atoms with van der Waals surface area (Å²) < 4.78 is 13.9. The lowest BCUT2D eigenvalue weighted by Gasteiger charge is -2.36. The first-order valence-corrected chi connectivity index (χ1v) is 8.21. The lowest BCUT2D eigenvalue weighted by Crippen LogP contribution is -2.54. The molecule has 2 aliphatic heterocycles. The zero-order valence-corrected chi connectivity index (χ0v) is 14.7. The van der Waals surface area contributed by atoms with Crippen LogP contribution in [0.2, 0.25) is 5.02 Å². The molecule has 0 bridgehead atoms. The van der Waals surface area contributed by atoms with E-state index < -0.39 is 11.7 Å². The van der Waals surface area contributed by atoms with Crippen LogP contribution in [-0.2, 0) is 4.79 Å². The van der Waals surface area contributed by atoms with Gasteiger partial charge in [0.1, 0.15) is 5.82 Å². The average Bonchev–Trinajstić information content (AvgIpc) is 3.08. The Hall–Kier alpha value is -1.37. The summed E-state index contributed by atoms with van der Waals surface area (Å²) in [4.78, 5) is 28.1. The Morgan fingerprint density at radius 1 is 1.17 bits per heavy atom. The van der Waals surface area contributed by atoms with Crippen molar-refractivity contribution in [2.24, 2.45) is 0 Å². The minimum atomic E-state index is -0.615. The molecule has 8 heteroatoms. The molecule has 2 saturated heterocycles. The fourth-order valence-electron chi connectivity index (χ4n) is 3.11. The Morgan fingerprint density at radius 2 is 1.83 bits per heavy atom. The number of piperazine rings is 1. The van der Waals surface area contributed by atoms with Crippen LogP contribution in [0, 0.1) is 5.82 Å².